The van der Waals surface area contributed by atoms with E-state index < -0.39 is 11.2 Å². The number of carbonyl (C=O) groups is 1. The fourth-order valence-corrected chi connectivity index (χ4v) is 0. The molecule has 12 heteroatoms. The van der Waals surface area contributed by atoms with E-state index in [2.05, 4.69) is 0 Å². The molecule has 0 spiro atoms. The van der Waals surface area contributed by atoms with Crippen LogP contribution in [0.3, 0.4) is 0 Å². The van der Waals surface area contributed by atoms with E-state index in [-0.39, 0.29) is 41.4 Å². The summed E-state index contributed by atoms with van der Waals surface area (Å²) in [6.07, 6.45) is -2.33. The van der Waals surface area contributed by atoms with Crippen LogP contribution in [0.1, 0.15) is 0 Å². The summed E-state index contributed by atoms with van der Waals surface area (Å²) in [5.74, 6) is 0. The third-order valence-electron chi connectivity index (χ3n) is 0. The van der Waals surface area contributed by atoms with Gasteiger partial charge in [-0.2, -0.15) is 0 Å². The van der Waals surface area contributed by atoms with Gasteiger partial charge in [0.1, 0.15) is 0 Å². The largest absolute Gasteiger partial charge is 3.00 e. The minimum atomic E-state index is -2.33. The normalized spacial score (nSPS) is 3.69. The SMILES string of the molecule is O=C([O-])[O-].O=[N+]([O-])[O-].[Co+3].[NH2-].[NH2-].[NH2-].[NH2-]. The molecule has 0 aliphatic rings. The van der Waals surface area contributed by atoms with Crippen LogP contribution in [0.25, 0.3) is 24.6 Å². The molecule has 0 aromatic heterocycles. The molecule has 0 aliphatic carbocycles. The zero-order chi connectivity index (χ0) is 7.15. The predicted octanol–water partition coefficient (Wildman–Crippen LogP) is 0.180. The maximum Gasteiger partial charge on any atom is 3.00 e. The van der Waals surface area contributed by atoms with Crippen LogP contribution in [-0.4, -0.2) is 11.2 Å². The number of rotatable bonds is 0. The summed E-state index contributed by atoms with van der Waals surface area (Å²) in [4.78, 5) is 16.6. The molecule has 13 heavy (non-hydrogen) atoms. The van der Waals surface area contributed by atoms with Crippen molar-refractivity contribution < 1.29 is 36.9 Å². The van der Waals surface area contributed by atoms with E-state index in [9.17, 15) is 0 Å². The summed E-state index contributed by atoms with van der Waals surface area (Å²) in [6.45, 7) is 0. The second-order valence-electron chi connectivity index (χ2n) is 0.474. The van der Waals surface area contributed by atoms with Gasteiger partial charge in [-0.05, 0) is 6.16 Å². The molecule has 0 atom stereocenters. The molecule has 0 heterocycles. The summed E-state index contributed by atoms with van der Waals surface area (Å²) in [6, 6.07) is 0. The molecule has 8 N–H and O–H groups in total. The van der Waals surface area contributed by atoms with Gasteiger partial charge in [0, 0.05) is 0 Å². The first kappa shape index (κ1) is 59.6. The average Bonchev–Trinajstić information content (AvgIpc) is 1.25. The maximum atomic E-state index is 8.33. The monoisotopic (exact) mass is 245 g/mol. The predicted molar refractivity (Wildman–Crippen MR) is 36.9 cm³/mol. The number of nitrogens with two attached hydrogens (primary N) is 4. The average molecular weight is 245 g/mol. The van der Waals surface area contributed by atoms with Crippen LogP contribution in [0.15, 0.2) is 0 Å². The standard InChI is InChI=1S/CH2O3.Co.NO3.4H2N/c2-1(3)4;;2-1(3)4;;;;/h(H2,2,3,4);;;4*1H2/q;+3;5*-1/p-2. The molecular weight excluding hydrogens is 237 g/mol. The van der Waals surface area contributed by atoms with E-state index in [1.165, 1.54) is 0 Å². The number of hydrogen-bond acceptors (Lipinski definition) is 6. The Bertz CT molecular complexity index is 79.0. The molecule has 0 fully saturated rings. The molecule has 0 aromatic rings. The van der Waals surface area contributed by atoms with E-state index >= 15 is 0 Å². The summed E-state index contributed by atoms with van der Waals surface area (Å²) < 4.78 is 0. The molecule has 0 unspecified atom stereocenters. The minimum Gasteiger partial charge on any atom is -0.693 e. The summed E-state index contributed by atoms with van der Waals surface area (Å²) in [5, 5.41) is 31.4. The molecule has 86 valence electrons. The summed E-state index contributed by atoms with van der Waals surface area (Å²) in [7, 11) is 0. The molecule has 0 bridgehead atoms. The molecule has 0 radical (unpaired) electrons. The fraction of sp³-hybridized carbons (Fsp3) is 0. The zero-order valence-corrected chi connectivity index (χ0v) is 7.08. The second-order valence-corrected chi connectivity index (χ2v) is 0.474. The van der Waals surface area contributed by atoms with Gasteiger partial charge in [-0.1, -0.05) is 0 Å². The topological polar surface area (TPSA) is 263 Å². The van der Waals surface area contributed by atoms with Crippen LogP contribution >= 0.6 is 0 Å². The Morgan fingerprint density at radius 3 is 0.923 bits per heavy atom. The number of nitrogens with zero attached hydrogens (tertiary/aromatic N) is 1. The molecule has 0 saturated heterocycles. The van der Waals surface area contributed by atoms with Crippen LogP contribution in [0, 0.1) is 15.3 Å². The summed E-state index contributed by atoms with van der Waals surface area (Å²) >= 11 is 0. The van der Waals surface area contributed by atoms with Crippen molar-refractivity contribution in [2.75, 3.05) is 0 Å². The van der Waals surface area contributed by atoms with Crippen molar-refractivity contribution in [2.24, 2.45) is 0 Å². The zero-order valence-electron chi connectivity index (χ0n) is 6.04. The molecular formula is CH8CoN5O6-4. The Hall–Kier alpha value is -1.18. The van der Waals surface area contributed by atoms with Crippen molar-refractivity contribution in [1.82, 2.24) is 0 Å². The first-order valence-corrected chi connectivity index (χ1v) is 1.16. The Morgan fingerprint density at radius 2 is 0.923 bits per heavy atom. The van der Waals surface area contributed by atoms with Crippen molar-refractivity contribution in [3.05, 3.63) is 39.9 Å². The van der Waals surface area contributed by atoms with Crippen LogP contribution in [-0.2, 0) is 16.8 Å². The van der Waals surface area contributed by atoms with Gasteiger partial charge in [0.15, 0.2) is 0 Å². The smallest absolute Gasteiger partial charge is 0.693 e. The summed E-state index contributed by atoms with van der Waals surface area (Å²) in [5.41, 5.74) is 0. The second kappa shape index (κ2) is 44.9. The van der Waals surface area contributed by atoms with E-state index in [1.54, 1.807) is 0 Å². The van der Waals surface area contributed by atoms with Gasteiger partial charge < -0.3 is 54.9 Å². The Kier molecular flexibility index (Phi) is 206. The van der Waals surface area contributed by atoms with Gasteiger partial charge >= 0.3 is 16.8 Å². The maximum absolute atomic E-state index is 8.33. The molecule has 0 amide bonds. The van der Waals surface area contributed by atoms with E-state index in [1.807, 2.05) is 0 Å². The quantitative estimate of drug-likeness (QED) is 0.423. The van der Waals surface area contributed by atoms with Crippen LogP contribution in [0.4, 0.5) is 4.79 Å². The van der Waals surface area contributed by atoms with E-state index in [0.717, 1.165) is 0 Å². The molecule has 0 saturated carbocycles. The Balaban J connectivity index is -0.00000000800. The first-order valence-electron chi connectivity index (χ1n) is 1.16. The van der Waals surface area contributed by atoms with Crippen molar-refractivity contribution in [3.63, 3.8) is 0 Å². The van der Waals surface area contributed by atoms with Gasteiger partial charge in [0.25, 0.3) is 0 Å². The van der Waals surface area contributed by atoms with Crippen LogP contribution in [0.5, 0.6) is 0 Å². The van der Waals surface area contributed by atoms with Gasteiger partial charge in [-0.15, -0.1) is 0 Å². The van der Waals surface area contributed by atoms with E-state index in [0.29, 0.717) is 0 Å². The van der Waals surface area contributed by atoms with Gasteiger partial charge in [0.05, 0.1) is 5.09 Å². The number of carbonyl (C=O) groups excluding carboxylic acids is 1. The third-order valence-corrected chi connectivity index (χ3v) is 0. The van der Waals surface area contributed by atoms with Crippen molar-refractivity contribution in [2.45, 2.75) is 0 Å². The van der Waals surface area contributed by atoms with Crippen molar-refractivity contribution >= 4 is 6.16 Å². The molecule has 0 aliphatic heterocycles. The van der Waals surface area contributed by atoms with Crippen LogP contribution in [0.2, 0.25) is 0 Å². The van der Waals surface area contributed by atoms with Crippen molar-refractivity contribution in [3.8, 4) is 0 Å². The van der Waals surface area contributed by atoms with Gasteiger partial charge in [-0.25, -0.2) is 0 Å². The van der Waals surface area contributed by atoms with Crippen LogP contribution < -0.4 is 10.2 Å². The minimum absolute atomic E-state index is 0. The molecule has 0 rings (SSSR count). The Labute approximate surface area is 83.8 Å². The van der Waals surface area contributed by atoms with E-state index in [4.69, 9.17) is 30.3 Å². The molecule has 11 nitrogen and oxygen atoms in total. The van der Waals surface area contributed by atoms with Crippen molar-refractivity contribution in [1.29, 1.82) is 0 Å². The number of carboxylic acid groups (broad SMARTS) is 2. The van der Waals surface area contributed by atoms with Gasteiger partial charge in [0.2, 0.25) is 0 Å². The fourth-order valence-electron chi connectivity index (χ4n) is 0. The van der Waals surface area contributed by atoms with Gasteiger partial charge in [-0.3, -0.25) is 0 Å². The Morgan fingerprint density at radius 1 is 0.923 bits per heavy atom. The third kappa shape index (κ3) is 600. The molecule has 0 aromatic carbocycles. The number of hydrogen-bond donors (Lipinski definition) is 0. The first-order chi connectivity index (χ1) is 3.46.